The zero-order valence-corrected chi connectivity index (χ0v) is 24.3. The van der Waals surface area contributed by atoms with Crippen LogP contribution in [-0.2, 0) is 11.4 Å². The number of nitrogens with zero attached hydrogens (tertiary/aromatic N) is 1. The Morgan fingerprint density at radius 3 is 2.60 bits per heavy atom. The number of hydrogen-bond donors (Lipinski definition) is 4. The third kappa shape index (κ3) is 5.75. The summed E-state index contributed by atoms with van der Waals surface area (Å²) >= 11 is 0. The van der Waals surface area contributed by atoms with Gasteiger partial charge >= 0.3 is 5.63 Å². The van der Waals surface area contributed by atoms with Crippen molar-refractivity contribution in [3.05, 3.63) is 81.2 Å². The number of aliphatic hydroxyl groups is 3. The molecule has 5 rings (SSSR count). The van der Waals surface area contributed by atoms with Gasteiger partial charge in [-0.2, -0.15) is 0 Å². The Hall–Kier alpha value is -4.19. The average molecular weight is 593 g/mol. The number of fused-ring (bicyclic) bond motifs is 4. The number of carbonyl (C=O) groups is 2. The summed E-state index contributed by atoms with van der Waals surface area (Å²) in [6.07, 6.45) is -0.213. The van der Waals surface area contributed by atoms with Crippen molar-refractivity contribution in [3.63, 3.8) is 0 Å². The number of para-hydroxylation sites is 1. The molecule has 0 radical (unpaired) electrons. The summed E-state index contributed by atoms with van der Waals surface area (Å²) in [5.74, 6) is -1.08. The molecule has 4 atom stereocenters. The van der Waals surface area contributed by atoms with Crippen LogP contribution in [0.3, 0.4) is 0 Å². The molecule has 3 aromatic rings. The molecular weight excluding hydrogens is 556 g/mol. The Bertz CT molecular complexity index is 1610. The fourth-order valence-electron chi connectivity index (χ4n) is 5.77. The summed E-state index contributed by atoms with van der Waals surface area (Å²) < 4.78 is 17.2. The minimum absolute atomic E-state index is 0.0113. The molecule has 0 fully saturated rings. The summed E-state index contributed by atoms with van der Waals surface area (Å²) in [5.41, 5.74) is 0.639. The molecule has 4 N–H and O–H groups in total. The third-order valence-electron chi connectivity index (χ3n) is 7.93. The van der Waals surface area contributed by atoms with Gasteiger partial charge in [-0.25, -0.2) is 4.79 Å². The quantitative estimate of drug-likeness (QED) is 0.259. The van der Waals surface area contributed by atoms with Crippen LogP contribution in [0.5, 0.6) is 11.5 Å². The number of hydrogen-bond acceptors (Lipinski definition) is 9. The van der Waals surface area contributed by atoms with Crippen LogP contribution in [0, 0.1) is 5.92 Å². The summed E-state index contributed by atoms with van der Waals surface area (Å²) in [4.78, 5) is 42.0. The first-order chi connectivity index (χ1) is 20.7. The second-order valence-corrected chi connectivity index (χ2v) is 11.2. The van der Waals surface area contributed by atoms with E-state index in [1.165, 1.54) is 24.2 Å². The Morgan fingerprint density at radius 1 is 1.14 bits per heavy atom. The van der Waals surface area contributed by atoms with E-state index in [9.17, 15) is 29.7 Å². The highest BCUT2D eigenvalue weighted by atomic mass is 16.5. The van der Waals surface area contributed by atoms with Gasteiger partial charge in [0.1, 0.15) is 23.4 Å². The maximum atomic E-state index is 14.1. The lowest BCUT2D eigenvalue weighted by molar-refractivity contribution is -0.118. The van der Waals surface area contributed by atoms with Crippen molar-refractivity contribution in [2.45, 2.75) is 51.0 Å². The number of carbonyl (C=O) groups excluding carboxylic acids is 2. The molecule has 2 heterocycles. The Balaban J connectivity index is 1.63. The standard InChI is InChI=1S/C32H36N2O9/c1-17(2)8-10-34(31(39)22-14-19-6-4-5-7-24(19)42-32(22)40)23-15-21(30(38)33-9-11-35)26-20-12-18(16-36)13-25(41-3)28(20)43-29(26)27(23)37/h4-7,12-15,17,23,26-27,29,35-37H,8-11,16H2,1-3H3,(H,33,38)/t23-,26+,27+,29+/m1/s1. The van der Waals surface area contributed by atoms with Gasteiger partial charge in [0.05, 0.1) is 32.3 Å². The molecule has 1 aliphatic carbocycles. The van der Waals surface area contributed by atoms with E-state index in [1.807, 2.05) is 13.8 Å². The van der Waals surface area contributed by atoms with Crippen molar-refractivity contribution in [2.24, 2.45) is 5.92 Å². The normalized spacial score (nSPS) is 20.7. The maximum Gasteiger partial charge on any atom is 0.349 e. The van der Waals surface area contributed by atoms with Crippen LogP contribution in [-0.4, -0.2) is 77.1 Å². The molecule has 0 spiro atoms. The van der Waals surface area contributed by atoms with Crippen molar-refractivity contribution in [1.82, 2.24) is 10.2 Å². The van der Waals surface area contributed by atoms with E-state index in [-0.39, 0.29) is 43.4 Å². The first kappa shape index (κ1) is 30.3. The molecule has 2 aromatic carbocycles. The van der Waals surface area contributed by atoms with Crippen LogP contribution >= 0.6 is 0 Å². The van der Waals surface area contributed by atoms with Crippen LogP contribution in [0.1, 0.15) is 47.7 Å². The van der Waals surface area contributed by atoms with Gasteiger partial charge in [-0.1, -0.05) is 32.0 Å². The fraction of sp³-hybridized carbons (Fsp3) is 0.406. The smallest absolute Gasteiger partial charge is 0.349 e. The van der Waals surface area contributed by atoms with Crippen LogP contribution in [0.4, 0.5) is 0 Å². The van der Waals surface area contributed by atoms with Gasteiger partial charge in [0, 0.05) is 29.6 Å². The SMILES string of the molecule is COc1cc(CO)cc2c1O[C@@H]1[C@@H](O)[C@H](N(CCC(C)C)C(=O)c3cc4ccccc4oc3=O)C=C(C(=O)NCCO)[C@H]21. The predicted octanol–water partition coefficient (Wildman–Crippen LogP) is 2.10. The molecule has 0 unspecified atom stereocenters. The van der Waals surface area contributed by atoms with E-state index < -0.39 is 41.6 Å². The molecule has 0 saturated heterocycles. The highest BCUT2D eigenvalue weighted by Gasteiger charge is 2.51. The van der Waals surface area contributed by atoms with Gasteiger partial charge in [-0.05, 0) is 48.2 Å². The minimum atomic E-state index is -1.31. The zero-order chi connectivity index (χ0) is 30.8. The van der Waals surface area contributed by atoms with E-state index in [4.69, 9.17) is 13.9 Å². The molecule has 0 saturated carbocycles. The lowest BCUT2D eigenvalue weighted by atomic mass is 9.77. The van der Waals surface area contributed by atoms with Gasteiger partial charge in [0.15, 0.2) is 11.5 Å². The third-order valence-corrected chi connectivity index (χ3v) is 7.93. The van der Waals surface area contributed by atoms with E-state index in [2.05, 4.69) is 5.32 Å². The number of nitrogens with one attached hydrogen (secondary N) is 1. The number of rotatable bonds is 10. The van der Waals surface area contributed by atoms with E-state index >= 15 is 0 Å². The average Bonchev–Trinajstić information content (AvgIpc) is 3.39. The van der Waals surface area contributed by atoms with Crippen LogP contribution < -0.4 is 20.4 Å². The Kier molecular flexibility index (Phi) is 8.86. The Labute approximate surface area is 248 Å². The first-order valence-electron chi connectivity index (χ1n) is 14.3. The van der Waals surface area contributed by atoms with E-state index in [0.29, 0.717) is 40.0 Å². The Morgan fingerprint density at radius 2 is 1.91 bits per heavy atom. The molecule has 228 valence electrons. The molecule has 0 bridgehead atoms. The molecule has 1 aromatic heterocycles. The molecule has 11 heteroatoms. The first-order valence-corrected chi connectivity index (χ1v) is 14.3. The van der Waals surface area contributed by atoms with Gasteiger partial charge in [-0.15, -0.1) is 0 Å². The van der Waals surface area contributed by atoms with Gasteiger partial charge in [-0.3, -0.25) is 9.59 Å². The largest absolute Gasteiger partial charge is 0.493 e. The zero-order valence-electron chi connectivity index (χ0n) is 24.3. The fourth-order valence-corrected chi connectivity index (χ4v) is 5.77. The predicted molar refractivity (Wildman–Crippen MR) is 157 cm³/mol. The second-order valence-electron chi connectivity index (χ2n) is 11.2. The number of benzene rings is 2. The highest BCUT2D eigenvalue weighted by Crippen LogP contribution is 2.51. The van der Waals surface area contributed by atoms with Crippen molar-refractivity contribution < 1.29 is 38.8 Å². The molecule has 2 amide bonds. The van der Waals surface area contributed by atoms with Crippen molar-refractivity contribution in [2.75, 3.05) is 26.8 Å². The number of amides is 2. The number of methoxy groups -OCH3 is 1. The van der Waals surface area contributed by atoms with Gasteiger partial charge in [0.2, 0.25) is 5.91 Å². The molecule has 1 aliphatic heterocycles. The van der Waals surface area contributed by atoms with Crippen molar-refractivity contribution in [3.8, 4) is 11.5 Å². The molecular formula is C32H36N2O9. The number of aliphatic hydroxyl groups excluding tert-OH is 3. The van der Waals surface area contributed by atoms with Crippen molar-refractivity contribution >= 4 is 22.8 Å². The van der Waals surface area contributed by atoms with E-state index in [0.717, 1.165) is 0 Å². The minimum Gasteiger partial charge on any atom is -0.493 e. The number of ether oxygens (including phenoxy) is 2. The van der Waals surface area contributed by atoms with Gasteiger partial charge < -0.3 is 39.4 Å². The molecule has 43 heavy (non-hydrogen) atoms. The highest BCUT2D eigenvalue weighted by molar-refractivity contribution is 5.98. The summed E-state index contributed by atoms with van der Waals surface area (Å²) in [5, 5.41) is 34.3. The van der Waals surface area contributed by atoms with Crippen LogP contribution in [0.15, 0.2) is 63.3 Å². The summed E-state index contributed by atoms with van der Waals surface area (Å²) in [7, 11) is 1.45. The molecule has 11 nitrogen and oxygen atoms in total. The molecule has 2 aliphatic rings. The maximum absolute atomic E-state index is 14.1. The van der Waals surface area contributed by atoms with Crippen LogP contribution in [0.25, 0.3) is 11.0 Å². The summed E-state index contributed by atoms with van der Waals surface area (Å²) in [6, 6.07) is 10.6. The topological polar surface area (TPSA) is 159 Å². The van der Waals surface area contributed by atoms with Gasteiger partial charge in [0.25, 0.3) is 5.91 Å². The lowest BCUT2D eigenvalue weighted by Crippen LogP contribution is -2.56. The second kappa shape index (κ2) is 12.6. The summed E-state index contributed by atoms with van der Waals surface area (Å²) in [6.45, 7) is 3.58. The van der Waals surface area contributed by atoms with E-state index in [1.54, 1.807) is 36.4 Å². The lowest BCUT2D eigenvalue weighted by Gasteiger charge is -2.40. The monoisotopic (exact) mass is 592 g/mol. The van der Waals surface area contributed by atoms with Crippen molar-refractivity contribution in [1.29, 1.82) is 0 Å². The van der Waals surface area contributed by atoms with Crippen LogP contribution in [0.2, 0.25) is 0 Å².